The molecule has 2 amide bonds. The highest BCUT2D eigenvalue weighted by molar-refractivity contribution is 6.05. The van der Waals surface area contributed by atoms with Crippen LogP contribution in [0.3, 0.4) is 0 Å². The van der Waals surface area contributed by atoms with Crippen LogP contribution in [0.2, 0.25) is 0 Å². The number of nitrogens with zero attached hydrogens (tertiary/aromatic N) is 3. The van der Waals surface area contributed by atoms with Crippen LogP contribution in [-0.2, 0) is 9.53 Å². The van der Waals surface area contributed by atoms with E-state index < -0.39 is 23.7 Å². The highest BCUT2D eigenvalue weighted by Gasteiger charge is 2.35. The second kappa shape index (κ2) is 13.1. The van der Waals surface area contributed by atoms with Crippen molar-refractivity contribution in [2.24, 2.45) is 5.10 Å². The smallest absolute Gasteiger partial charge is 0.262 e. The average Bonchev–Trinajstić information content (AvgIpc) is 3.44. The van der Waals surface area contributed by atoms with Gasteiger partial charge < -0.3 is 23.8 Å². The minimum absolute atomic E-state index is 0.0966. The van der Waals surface area contributed by atoms with Gasteiger partial charge in [0.05, 0.1) is 45.3 Å². The Morgan fingerprint density at radius 3 is 2.30 bits per heavy atom. The predicted octanol–water partition coefficient (Wildman–Crippen LogP) is 4.32. The van der Waals surface area contributed by atoms with Gasteiger partial charge in [0.2, 0.25) is 0 Å². The number of carbonyl (C=O) groups is 2. The number of methoxy groups -OCH3 is 4. The lowest BCUT2D eigenvalue weighted by molar-refractivity contribution is -0.133. The molecule has 0 saturated heterocycles. The summed E-state index contributed by atoms with van der Waals surface area (Å²) in [4.78, 5) is 28.3. The first kappa shape index (κ1) is 28.6. The molecular formula is C30H32FN3O6. The molecule has 1 aliphatic rings. The van der Waals surface area contributed by atoms with Crippen molar-refractivity contribution in [1.29, 1.82) is 0 Å². The normalized spacial score (nSPS) is 14.5. The number of rotatable bonds is 11. The van der Waals surface area contributed by atoms with Crippen molar-refractivity contribution in [3.63, 3.8) is 0 Å². The van der Waals surface area contributed by atoms with Crippen LogP contribution in [0, 0.1) is 5.82 Å². The van der Waals surface area contributed by atoms with E-state index in [0.29, 0.717) is 29.4 Å². The number of ether oxygens (including phenoxy) is 4. The Balaban J connectivity index is 1.68. The lowest BCUT2D eigenvalue weighted by Crippen LogP contribution is -2.43. The standard InChI is InChI=1S/C30H32FN3O6/c1-37-16-15-33(30(36)23-7-5-6-8-25(23)31)19-29(35)34-27(20-9-11-21(38-2)12-10-20)18-26(32-34)24-14-13-22(39-3)17-28(24)40-4/h5-14,17,27H,15-16,18-19H2,1-4H3/t27-/m0/s1. The fraction of sp³-hybridized carbons (Fsp3) is 0.300. The van der Waals surface area contributed by atoms with E-state index >= 15 is 0 Å². The van der Waals surface area contributed by atoms with E-state index in [1.165, 1.54) is 35.2 Å². The van der Waals surface area contributed by atoms with Gasteiger partial charge in [-0.15, -0.1) is 0 Å². The van der Waals surface area contributed by atoms with Crippen LogP contribution in [0.4, 0.5) is 4.39 Å². The van der Waals surface area contributed by atoms with Gasteiger partial charge in [0.1, 0.15) is 29.6 Å². The third-order valence-electron chi connectivity index (χ3n) is 6.67. The van der Waals surface area contributed by atoms with Gasteiger partial charge >= 0.3 is 0 Å². The number of hydrazone groups is 1. The van der Waals surface area contributed by atoms with Crippen LogP contribution in [0.25, 0.3) is 0 Å². The minimum Gasteiger partial charge on any atom is -0.497 e. The zero-order chi connectivity index (χ0) is 28.6. The van der Waals surface area contributed by atoms with Gasteiger partial charge in [-0.1, -0.05) is 24.3 Å². The summed E-state index contributed by atoms with van der Waals surface area (Å²) in [6.45, 7) is -0.0496. The van der Waals surface area contributed by atoms with E-state index in [-0.39, 0.29) is 25.3 Å². The fourth-order valence-electron chi connectivity index (χ4n) is 4.52. The Morgan fingerprint density at radius 2 is 1.65 bits per heavy atom. The highest BCUT2D eigenvalue weighted by Crippen LogP contribution is 2.36. The van der Waals surface area contributed by atoms with Crippen LogP contribution in [0.5, 0.6) is 17.2 Å². The molecule has 0 N–H and O–H groups in total. The molecule has 3 aromatic carbocycles. The molecule has 1 aliphatic heterocycles. The summed E-state index contributed by atoms with van der Waals surface area (Å²) >= 11 is 0. The van der Waals surface area contributed by atoms with Crippen molar-refractivity contribution in [2.45, 2.75) is 12.5 Å². The Labute approximate surface area is 232 Å². The van der Waals surface area contributed by atoms with Crippen molar-refractivity contribution in [3.8, 4) is 17.2 Å². The molecule has 0 aliphatic carbocycles. The third kappa shape index (κ3) is 6.23. The van der Waals surface area contributed by atoms with E-state index in [1.807, 2.05) is 30.3 Å². The SMILES string of the molecule is COCCN(CC(=O)N1N=C(c2ccc(OC)cc2OC)C[C@H]1c1ccc(OC)cc1)C(=O)c1ccccc1F. The molecule has 0 aromatic heterocycles. The third-order valence-corrected chi connectivity index (χ3v) is 6.67. The summed E-state index contributed by atoms with van der Waals surface area (Å²) in [7, 11) is 6.20. The van der Waals surface area contributed by atoms with Gasteiger partial charge in [0.25, 0.3) is 11.8 Å². The van der Waals surface area contributed by atoms with Gasteiger partial charge in [0.15, 0.2) is 0 Å². The lowest BCUT2D eigenvalue weighted by atomic mass is 9.97. The lowest BCUT2D eigenvalue weighted by Gasteiger charge is -2.27. The van der Waals surface area contributed by atoms with Crippen LogP contribution >= 0.6 is 0 Å². The van der Waals surface area contributed by atoms with Crippen molar-refractivity contribution >= 4 is 17.5 Å². The number of amides is 2. The molecule has 0 unspecified atom stereocenters. The quantitative estimate of drug-likeness (QED) is 0.354. The molecule has 10 heteroatoms. The molecule has 0 bridgehead atoms. The van der Waals surface area contributed by atoms with Gasteiger partial charge in [-0.25, -0.2) is 9.40 Å². The number of benzene rings is 3. The number of carbonyl (C=O) groups excluding carboxylic acids is 2. The summed E-state index contributed by atoms with van der Waals surface area (Å²) < 4.78 is 35.8. The number of halogens is 1. The van der Waals surface area contributed by atoms with Gasteiger partial charge in [0, 0.05) is 31.7 Å². The molecule has 0 spiro atoms. The fourth-order valence-corrected chi connectivity index (χ4v) is 4.52. The largest absolute Gasteiger partial charge is 0.497 e. The summed E-state index contributed by atoms with van der Waals surface area (Å²) in [5.74, 6) is 0.163. The van der Waals surface area contributed by atoms with E-state index in [0.717, 1.165) is 11.1 Å². The molecule has 0 saturated carbocycles. The van der Waals surface area contributed by atoms with Crippen molar-refractivity contribution in [3.05, 3.63) is 89.2 Å². The molecule has 210 valence electrons. The first-order valence-corrected chi connectivity index (χ1v) is 12.7. The maximum Gasteiger partial charge on any atom is 0.262 e. The summed E-state index contributed by atoms with van der Waals surface area (Å²) in [6.07, 6.45) is 0.403. The van der Waals surface area contributed by atoms with E-state index in [1.54, 1.807) is 39.5 Å². The Kier molecular flexibility index (Phi) is 9.34. The number of hydrogen-bond acceptors (Lipinski definition) is 7. The van der Waals surface area contributed by atoms with Gasteiger partial charge in [-0.3, -0.25) is 9.59 Å². The summed E-state index contributed by atoms with van der Waals surface area (Å²) in [6, 6.07) is 18.0. The second-order valence-electron chi connectivity index (χ2n) is 9.04. The molecular weight excluding hydrogens is 517 g/mol. The highest BCUT2D eigenvalue weighted by atomic mass is 19.1. The molecule has 4 rings (SSSR count). The maximum atomic E-state index is 14.4. The Morgan fingerprint density at radius 1 is 0.950 bits per heavy atom. The Hall–Kier alpha value is -4.44. The molecule has 1 heterocycles. The van der Waals surface area contributed by atoms with E-state index in [2.05, 4.69) is 0 Å². The molecule has 9 nitrogen and oxygen atoms in total. The van der Waals surface area contributed by atoms with Crippen molar-refractivity contribution < 1.29 is 32.9 Å². The summed E-state index contributed by atoms with van der Waals surface area (Å²) in [5.41, 5.74) is 2.07. The first-order chi connectivity index (χ1) is 19.4. The first-order valence-electron chi connectivity index (χ1n) is 12.7. The average molecular weight is 550 g/mol. The zero-order valence-electron chi connectivity index (χ0n) is 22.9. The van der Waals surface area contributed by atoms with E-state index in [9.17, 15) is 14.0 Å². The predicted molar refractivity (Wildman–Crippen MR) is 147 cm³/mol. The van der Waals surface area contributed by atoms with Crippen LogP contribution in [-0.4, -0.2) is 75.6 Å². The topological polar surface area (TPSA) is 89.9 Å². The minimum atomic E-state index is -0.661. The van der Waals surface area contributed by atoms with Gasteiger partial charge in [-0.2, -0.15) is 5.10 Å². The Bertz CT molecular complexity index is 1380. The van der Waals surface area contributed by atoms with Crippen molar-refractivity contribution in [2.75, 3.05) is 48.1 Å². The number of hydrogen-bond donors (Lipinski definition) is 0. The van der Waals surface area contributed by atoms with Crippen LogP contribution in [0.1, 0.15) is 33.9 Å². The molecule has 40 heavy (non-hydrogen) atoms. The van der Waals surface area contributed by atoms with Crippen LogP contribution < -0.4 is 14.2 Å². The van der Waals surface area contributed by atoms with Crippen molar-refractivity contribution in [1.82, 2.24) is 9.91 Å². The van der Waals surface area contributed by atoms with Crippen LogP contribution in [0.15, 0.2) is 71.8 Å². The summed E-state index contributed by atoms with van der Waals surface area (Å²) in [5, 5.41) is 6.09. The molecule has 0 fully saturated rings. The van der Waals surface area contributed by atoms with E-state index in [4.69, 9.17) is 24.0 Å². The maximum absolute atomic E-state index is 14.4. The second-order valence-corrected chi connectivity index (χ2v) is 9.04. The molecule has 3 aromatic rings. The zero-order valence-corrected chi connectivity index (χ0v) is 22.9. The monoisotopic (exact) mass is 549 g/mol. The molecule has 1 atom stereocenters. The molecule has 0 radical (unpaired) electrons. The van der Waals surface area contributed by atoms with Gasteiger partial charge in [-0.05, 0) is 42.0 Å².